The molecule has 0 spiro atoms. The van der Waals surface area contributed by atoms with Crippen LogP contribution in [0.5, 0.6) is 5.75 Å². The molecular weight excluding hydrogens is 361 g/mol. The van der Waals surface area contributed by atoms with Crippen molar-refractivity contribution in [3.63, 3.8) is 0 Å². The summed E-state index contributed by atoms with van der Waals surface area (Å²) in [7, 11) is -2.83. The molecule has 1 aromatic carbocycles. The van der Waals surface area contributed by atoms with Gasteiger partial charge < -0.3 is 23.3 Å². The van der Waals surface area contributed by atoms with E-state index >= 15 is 0 Å². The van der Waals surface area contributed by atoms with Crippen molar-refractivity contribution in [3.8, 4) is 5.75 Å². The van der Waals surface area contributed by atoms with Gasteiger partial charge in [0.2, 0.25) is 0 Å². The third-order valence-electron chi connectivity index (χ3n) is 4.03. The van der Waals surface area contributed by atoms with Crippen LogP contribution in [0.15, 0.2) is 48.8 Å². The summed E-state index contributed by atoms with van der Waals surface area (Å²) in [5.74, 6) is 0.529. The lowest BCUT2D eigenvalue weighted by Gasteiger charge is -2.30. The van der Waals surface area contributed by atoms with Gasteiger partial charge >= 0.3 is 16.2 Å². The van der Waals surface area contributed by atoms with E-state index < -0.39 is 8.56 Å². The summed E-state index contributed by atoms with van der Waals surface area (Å²) in [5.41, 5.74) is 0.905. The minimum absolute atomic E-state index is 0.368. The molecule has 0 aliphatic heterocycles. The van der Waals surface area contributed by atoms with Crippen molar-refractivity contribution in [1.29, 1.82) is 0 Å². The van der Waals surface area contributed by atoms with Gasteiger partial charge in [-0.25, -0.2) is 0 Å². The zero-order valence-electron chi connectivity index (χ0n) is 16.1. The van der Waals surface area contributed by atoms with Gasteiger partial charge in [-0.2, -0.15) is 0 Å². The monoisotopic (exact) mass is 389 g/mol. The molecule has 2 rings (SSSR count). The lowest BCUT2D eigenvalue weighted by molar-refractivity contribution is 0.117. The molecule has 146 valence electrons. The third kappa shape index (κ3) is 6.75. The summed E-state index contributed by atoms with van der Waals surface area (Å²) in [4.78, 5) is 4.08. The molecule has 1 heterocycles. The van der Waals surface area contributed by atoms with Crippen molar-refractivity contribution >= 4 is 21.4 Å². The van der Waals surface area contributed by atoms with Gasteiger partial charge in [0.15, 0.2) is 0 Å². The van der Waals surface area contributed by atoms with Crippen LogP contribution >= 0.6 is 0 Å². The molecule has 1 N–H and O–H groups in total. The van der Waals surface area contributed by atoms with Crippen LogP contribution in [0.1, 0.15) is 25.8 Å². The van der Waals surface area contributed by atoms with E-state index in [1.165, 1.54) is 0 Å². The number of benzene rings is 1. The summed E-state index contributed by atoms with van der Waals surface area (Å²) in [6, 6.07) is 12.9. The highest BCUT2D eigenvalue weighted by molar-refractivity contribution is 6.81. The maximum Gasteiger partial charge on any atom is 0.504 e. The van der Waals surface area contributed by atoms with Crippen LogP contribution in [0, 0.1) is 0 Å². The molecule has 0 unspecified atom stereocenters. The fourth-order valence-electron chi connectivity index (χ4n) is 2.95. The van der Waals surface area contributed by atoms with Crippen LogP contribution in [-0.4, -0.2) is 46.1 Å². The highest BCUT2D eigenvalue weighted by Crippen LogP contribution is 2.18. The average Bonchev–Trinajstić information content (AvgIpc) is 2.69. The van der Waals surface area contributed by atoms with E-state index in [1.807, 2.05) is 38.1 Å². The van der Waals surface area contributed by atoms with E-state index in [4.69, 9.17) is 23.3 Å². The van der Waals surface area contributed by atoms with E-state index in [9.17, 15) is 0 Å². The Morgan fingerprint density at radius 1 is 1.07 bits per heavy atom. The number of rotatable bonds is 13. The SMILES string of the molecule is CCO[Si](CCCOCc1cncc(OBO)c1)(OCC)c1ccccc1. The molecule has 0 amide bonds. The number of nitrogens with zero attached hydrogens (tertiary/aromatic N) is 1. The van der Waals surface area contributed by atoms with Gasteiger partial charge in [0.25, 0.3) is 0 Å². The first-order chi connectivity index (χ1) is 13.2. The van der Waals surface area contributed by atoms with Gasteiger partial charge in [-0.15, -0.1) is 0 Å². The Hall–Kier alpha value is -1.71. The highest BCUT2D eigenvalue weighted by Gasteiger charge is 2.38. The number of aromatic nitrogens is 1. The number of hydrogen-bond acceptors (Lipinski definition) is 6. The Kier molecular flexibility index (Phi) is 9.51. The maximum absolute atomic E-state index is 8.81. The molecule has 0 bridgehead atoms. The molecule has 8 heteroatoms. The average molecular weight is 389 g/mol. The van der Waals surface area contributed by atoms with E-state index in [2.05, 4.69) is 17.1 Å². The number of pyridine rings is 1. The second kappa shape index (κ2) is 11.9. The molecule has 0 radical (unpaired) electrons. The Balaban J connectivity index is 1.89. The first-order valence-electron chi connectivity index (χ1n) is 9.33. The molecule has 2 aromatic rings. The van der Waals surface area contributed by atoms with Crippen LogP contribution in [0.2, 0.25) is 6.04 Å². The quantitative estimate of drug-likeness (QED) is 0.418. The first kappa shape index (κ1) is 21.6. The summed E-state index contributed by atoms with van der Waals surface area (Å²) in [5, 5.41) is 9.97. The fraction of sp³-hybridized carbons (Fsp3) is 0.421. The maximum atomic E-state index is 8.81. The molecule has 0 saturated heterocycles. The van der Waals surface area contributed by atoms with Crippen LogP contribution in [0.4, 0.5) is 0 Å². The molecule has 0 atom stereocenters. The van der Waals surface area contributed by atoms with Crippen molar-refractivity contribution in [2.45, 2.75) is 32.9 Å². The van der Waals surface area contributed by atoms with Gasteiger partial charge in [-0.1, -0.05) is 30.3 Å². The lowest BCUT2D eigenvalue weighted by Crippen LogP contribution is -2.54. The predicted octanol–water partition coefficient (Wildman–Crippen LogP) is 2.05. The summed E-state index contributed by atoms with van der Waals surface area (Å²) in [6.07, 6.45) is 4.14. The molecule has 0 aliphatic rings. The van der Waals surface area contributed by atoms with Gasteiger partial charge in [-0.3, -0.25) is 4.98 Å². The van der Waals surface area contributed by atoms with Crippen molar-refractivity contribution in [2.24, 2.45) is 0 Å². The normalized spacial score (nSPS) is 11.4. The Morgan fingerprint density at radius 3 is 2.48 bits per heavy atom. The smallest absolute Gasteiger partial charge is 0.504 e. The standard InChI is InChI=1S/C19H28BNO5Si/c1-3-24-27(25-4-2,19-9-6-5-7-10-19)12-8-11-23-16-17-13-18(26-20-22)15-21-14-17/h5-7,9-10,13-15,20,22H,3-4,8,11-12,16H2,1-2H3. The van der Waals surface area contributed by atoms with Crippen LogP contribution in [-0.2, 0) is 20.2 Å². The van der Waals surface area contributed by atoms with Crippen LogP contribution in [0.3, 0.4) is 0 Å². The summed E-state index contributed by atoms with van der Waals surface area (Å²) in [6.45, 7) is 6.32. The van der Waals surface area contributed by atoms with Crippen LogP contribution in [0.25, 0.3) is 0 Å². The minimum atomic E-state index is -2.46. The molecule has 6 nitrogen and oxygen atoms in total. The third-order valence-corrected chi connectivity index (χ3v) is 7.77. The largest absolute Gasteiger partial charge is 0.538 e. The molecule has 1 aromatic heterocycles. The van der Waals surface area contributed by atoms with Crippen molar-refractivity contribution < 1.29 is 23.3 Å². The second-order valence-corrected chi connectivity index (χ2v) is 9.10. The van der Waals surface area contributed by atoms with Gasteiger partial charge in [-0.05, 0) is 43.1 Å². The molecule has 27 heavy (non-hydrogen) atoms. The van der Waals surface area contributed by atoms with E-state index in [0.29, 0.717) is 32.2 Å². The number of ether oxygens (including phenoxy) is 1. The van der Waals surface area contributed by atoms with E-state index in [-0.39, 0.29) is 7.69 Å². The summed E-state index contributed by atoms with van der Waals surface area (Å²) < 4.78 is 23.2. The zero-order valence-corrected chi connectivity index (χ0v) is 17.1. The number of hydrogen-bond donors (Lipinski definition) is 1. The molecule has 0 fully saturated rings. The lowest BCUT2D eigenvalue weighted by atomic mass is 10.3. The second-order valence-electron chi connectivity index (χ2n) is 5.94. The van der Waals surface area contributed by atoms with Gasteiger partial charge in [0.05, 0.1) is 12.8 Å². The fourth-order valence-corrected chi connectivity index (χ4v) is 6.19. The van der Waals surface area contributed by atoms with Crippen LogP contribution < -0.4 is 9.84 Å². The van der Waals surface area contributed by atoms with Gasteiger partial charge in [0.1, 0.15) is 5.75 Å². The van der Waals surface area contributed by atoms with Crippen molar-refractivity contribution in [3.05, 3.63) is 54.4 Å². The zero-order chi connectivity index (χ0) is 19.4. The summed E-state index contributed by atoms with van der Waals surface area (Å²) >= 11 is 0. The minimum Gasteiger partial charge on any atom is -0.538 e. The molecular formula is C19H28BNO5Si. The predicted molar refractivity (Wildman–Crippen MR) is 108 cm³/mol. The van der Waals surface area contributed by atoms with Crippen molar-refractivity contribution in [2.75, 3.05) is 19.8 Å². The first-order valence-corrected chi connectivity index (χ1v) is 11.3. The van der Waals surface area contributed by atoms with E-state index in [1.54, 1.807) is 12.4 Å². The van der Waals surface area contributed by atoms with Crippen molar-refractivity contribution in [1.82, 2.24) is 4.98 Å². The molecule has 0 aliphatic carbocycles. The Labute approximate surface area is 163 Å². The topological polar surface area (TPSA) is 70.0 Å². The van der Waals surface area contributed by atoms with Gasteiger partial charge in [0, 0.05) is 26.0 Å². The molecule has 0 saturated carbocycles. The Morgan fingerprint density at radius 2 is 1.81 bits per heavy atom. The Bertz CT molecular complexity index is 656. The highest BCUT2D eigenvalue weighted by atomic mass is 28.4. The van der Waals surface area contributed by atoms with E-state index in [0.717, 1.165) is 23.2 Å².